The maximum absolute atomic E-state index is 5.57. The maximum Gasteiger partial charge on any atom is 0.0571 e. The van der Waals surface area contributed by atoms with Crippen LogP contribution in [0.3, 0.4) is 0 Å². The monoisotopic (exact) mass is 358 g/mol. The van der Waals surface area contributed by atoms with Crippen molar-refractivity contribution in [3.8, 4) is 11.1 Å². The van der Waals surface area contributed by atoms with E-state index >= 15 is 0 Å². The fraction of sp³-hybridized carbons (Fsp3) is 0.385. The molecular formula is C26H30O. The van der Waals surface area contributed by atoms with Crippen LogP contribution >= 0.6 is 0 Å². The second kappa shape index (κ2) is 7.86. The summed E-state index contributed by atoms with van der Waals surface area (Å²) in [6.07, 6.45) is 5.41. The van der Waals surface area contributed by atoms with Crippen LogP contribution in [0.5, 0.6) is 0 Å². The minimum Gasteiger partial charge on any atom is -0.381 e. The molecule has 1 heteroatoms. The van der Waals surface area contributed by atoms with E-state index in [4.69, 9.17) is 4.74 Å². The summed E-state index contributed by atoms with van der Waals surface area (Å²) in [4.78, 5) is 0. The third-order valence-corrected chi connectivity index (χ3v) is 6.57. The number of hydrogen-bond donors (Lipinski definition) is 0. The summed E-state index contributed by atoms with van der Waals surface area (Å²) in [6, 6.07) is 22.5. The van der Waals surface area contributed by atoms with E-state index in [1.165, 1.54) is 58.7 Å². The molecule has 0 saturated heterocycles. The van der Waals surface area contributed by atoms with Gasteiger partial charge in [-0.05, 0) is 71.9 Å². The van der Waals surface area contributed by atoms with Crippen molar-refractivity contribution in [2.24, 2.45) is 5.92 Å². The molecule has 1 atom stereocenters. The highest BCUT2D eigenvalue weighted by molar-refractivity contribution is 5.98. The van der Waals surface area contributed by atoms with Crippen LogP contribution in [-0.4, -0.2) is 13.2 Å². The number of benzene rings is 3. The highest BCUT2D eigenvalue weighted by Crippen LogP contribution is 2.41. The largest absolute Gasteiger partial charge is 0.381 e. The molecule has 3 aromatic carbocycles. The van der Waals surface area contributed by atoms with E-state index in [9.17, 15) is 0 Å². The van der Waals surface area contributed by atoms with Crippen LogP contribution in [-0.2, 0) is 4.74 Å². The van der Waals surface area contributed by atoms with Gasteiger partial charge in [0.15, 0.2) is 0 Å². The van der Waals surface area contributed by atoms with Gasteiger partial charge in [0.05, 0.1) is 6.10 Å². The van der Waals surface area contributed by atoms with Gasteiger partial charge in [-0.1, -0.05) is 73.2 Å². The van der Waals surface area contributed by atoms with E-state index in [1.54, 1.807) is 0 Å². The van der Waals surface area contributed by atoms with Crippen molar-refractivity contribution in [1.29, 1.82) is 0 Å². The van der Waals surface area contributed by atoms with Crippen LogP contribution in [0.15, 0.2) is 60.7 Å². The molecule has 0 aliphatic heterocycles. The molecule has 1 nitrogen and oxygen atoms in total. The zero-order valence-corrected chi connectivity index (χ0v) is 16.7. The summed E-state index contributed by atoms with van der Waals surface area (Å²) >= 11 is 0. The van der Waals surface area contributed by atoms with E-state index in [0.29, 0.717) is 12.0 Å². The SMILES string of the molecule is COC1CCC(C(C)c2ccc(-c3ccc(C)cc3)c3ccccc23)CC1. The lowest BCUT2D eigenvalue weighted by molar-refractivity contribution is 0.0534. The predicted octanol–water partition coefficient (Wildman–Crippen LogP) is 7.12. The first-order valence-corrected chi connectivity index (χ1v) is 10.3. The standard InChI is InChI=1S/C26H30O/c1-18-8-10-21(11-9-18)24-17-16-23(25-6-4-5-7-26(24)25)19(2)20-12-14-22(27-3)15-13-20/h4-11,16-17,19-20,22H,12-15H2,1-3H3. The minimum atomic E-state index is 0.467. The van der Waals surface area contributed by atoms with E-state index in [-0.39, 0.29) is 0 Å². The topological polar surface area (TPSA) is 9.23 Å². The minimum absolute atomic E-state index is 0.467. The molecule has 4 rings (SSSR count). The number of ether oxygens (including phenoxy) is 1. The Kier molecular flexibility index (Phi) is 5.31. The molecule has 1 aliphatic rings. The van der Waals surface area contributed by atoms with Crippen molar-refractivity contribution in [1.82, 2.24) is 0 Å². The van der Waals surface area contributed by atoms with Gasteiger partial charge in [-0.25, -0.2) is 0 Å². The molecule has 0 heterocycles. The van der Waals surface area contributed by atoms with Gasteiger partial charge in [0, 0.05) is 7.11 Å². The predicted molar refractivity (Wildman–Crippen MR) is 115 cm³/mol. The lowest BCUT2D eigenvalue weighted by Crippen LogP contribution is -2.23. The fourth-order valence-electron chi connectivity index (χ4n) is 4.78. The summed E-state index contributed by atoms with van der Waals surface area (Å²) in [5.41, 5.74) is 5.45. The van der Waals surface area contributed by atoms with Gasteiger partial charge < -0.3 is 4.74 Å². The van der Waals surface area contributed by atoms with Crippen LogP contribution in [0.4, 0.5) is 0 Å². The molecule has 1 unspecified atom stereocenters. The number of aryl methyl sites for hydroxylation is 1. The van der Waals surface area contributed by atoms with Crippen molar-refractivity contribution in [2.75, 3.05) is 7.11 Å². The molecule has 0 N–H and O–H groups in total. The molecule has 0 aromatic heterocycles. The Morgan fingerprint density at radius 1 is 0.815 bits per heavy atom. The first-order valence-electron chi connectivity index (χ1n) is 10.3. The normalized spacial score (nSPS) is 21.3. The van der Waals surface area contributed by atoms with Crippen LogP contribution in [0.1, 0.15) is 49.7 Å². The Hall–Kier alpha value is -2.12. The summed E-state index contributed by atoms with van der Waals surface area (Å²) in [6.45, 7) is 4.57. The van der Waals surface area contributed by atoms with Crippen molar-refractivity contribution in [2.45, 2.75) is 51.6 Å². The smallest absolute Gasteiger partial charge is 0.0571 e. The lowest BCUT2D eigenvalue weighted by atomic mass is 9.75. The number of fused-ring (bicyclic) bond motifs is 1. The summed E-state index contributed by atoms with van der Waals surface area (Å²) in [7, 11) is 1.85. The van der Waals surface area contributed by atoms with E-state index in [2.05, 4.69) is 74.5 Å². The number of hydrogen-bond acceptors (Lipinski definition) is 1. The fourth-order valence-corrected chi connectivity index (χ4v) is 4.78. The highest BCUT2D eigenvalue weighted by Gasteiger charge is 2.27. The third kappa shape index (κ3) is 3.66. The average molecular weight is 359 g/mol. The molecule has 1 saturated carbocycles. The molecule has 27 heavy (non-hydrogen) atoms. The van der Waals surface area contributed by atoms with Crippen LogP contribution in [0.2, 0.25) is 0 Å². The van der Waals surface area contributed by atoms with E-state index in [1.807, 2.05) is 7.11 Å². The van der Waals surface area contributed by atoms with E-state index in [0.717, 1.165) is 5.92 Å². The van der Waals surface area contributed by atoms with Gasteiger partial charge in [-0.2, -0.15) is 0 Å². The Balaban J connectivity index is 1.71. The van der Waals surface area contributed by atoms with Gasteiger partial charge in [0.1, 0.15) is 0 Å². The Labute approximate surface area is 163 Å². The molecule has 3 aromatic rings. The van der Waals surface area contributed by atoms with Crippen LogP contribution in [0, 0.1) is 12.8 Å². The Bertz CT molecular complexity index is 901. The lowest BCUT2D eigenvalue weighted by Gasteiger charge is -2.32. The highest BCUT2D eigenvalue weighted by atomic mass is 16.5. The van der Waals surface area contributed by atoms with Crippen molar-refractivity contribution >= 4 is 10.8 Å². The number of rotatable bonds is 4. The Morgan fingerprint density at radius 3 is 2.15 bits per heavy atom. The Morgan fingerprint density at radius 2 is 1.48 bits per heavy atom. The average Bonchev–Trinajstić information content (AvgIpc) is 2.73. The van der Waals surface area contributed by atoms with Crippen molar-refractivity contribution in [3.05, 3.63) is 71.8 Å². The van der Waals surface area contributed by atoms with Gasteiger partial charge in [-0.15, -0.1) is 0 Å². The first-order chi connectivity index (χ1) is 13.2. The maximum atomic E-state index is 5.57. The second-order valence-electron chi connectivity index (χ2n) is 8.18. The third-order valence-electron chi connectivity index (χ3n) is 6.57. The second-order valence-corrected chi connectivity index (χ2v) is 8.18. The molecule has 1 aliphatic carbocycles. The molecule has 0 amide bonds. The van der Waals surface area contributed by atoms with E-state index < -0.39 is 0 Å². The summed E-state index contributed by atoms with van der Waals surface area (Å²) < 4.78 is 5.57. The quantitative estimate of drug-likeness (QED) is 0.482. The molecule has 0 radical (unpaired) electrons. The molecule has 140 valence electrons. The summed E-state index contributed by atoms with van der Waals surface area (Å²) in [5.74, 6) is 1.34. The molecular weight excluding hydrogens is 328 g/mol. The van der Waals surface area contributed by atoms with Gasteiger partial charge in [0.25, 0.3) is 0 Å². The molecule has 0 bridgehead atoms. The zero-order valence-electron chi connectivity index (χ0n) is 16.7. The van der Waals surface area contributed by atoms with Crippen LogP contribution < -0.4 is 0 Å². The zero-order chi connectivity index (χ0) is 18.8. The number of methoxy groups -OCH3 is 1. The van der Waals surface area contributed by atoms with Crippen molar-refractivity contribution < 1.29 is 4.74 Å². The van der Waals surface area contributed by atoms with Gasteiger partial charge in [0.2, 0.25) is 0 Å². The van der Waals surface area contributed by atoms with Crippen LogP contribution in [0.25, 0.3) is 21.9 Å². The summed E-state index contributed by atoms with van der Waals surface area (Å²) in [5, 5.41) is 2.79. The molecule has 1 fully saturated rings. The first kappa shape index (κ1) is 18.3. The van der Waals surface area contributed by atoms with Gasteiger partial charge in [-0.3, -0.25) is 0 Å². The van der Waals surface area contributed by atoms with Crippen molar-refractivity contribution in [3.63, 3.8) is 0 Å². The molecule has 0 spiro atoms. The van der Waals surface area contributed by atoms with Gasteiger partial charge >= 0.3 is 0 Å².